The molecule has 1 unspecified atom stereocenters. The van der Waals surface area contributed by atoms with E-state index in [0.29, 0.717) is 6.04 Å². The van der Waals surface area contributed by atoms with Gasteiger partial charge in [0.05, 0.1) is 0 Å². The topological polar surface area (TPSA) is 24.5 Å². The number of para-hydroxylation sites is 1. The van der Waals surface area contributed by atoms with Gasteiger partial charge in [-0.1, -0.05) is 25.1 Å². The van der Waals surface area contributed by atoms with Crippen LogP contribution in [0, 0.1) is 0 Å². The largest absolute Gasteiger partial charge is 0.492 e. The zero-order chi connectivity index (χ0) is 13.1. The summed E-state index contributed by atoms with van der Waals surface area (Å²) >= 11 is 0. The van der Waals surface area contributed by atoms with Gasteiger partial charge in [-0.15, -0.1) is 0 Å². The molecule has 1 N–H and O–H groups in total. The van der Waals surface area contributed by atoms with Crippen molar-refractivity contribution in [3.8, 4) is 5.75 Å². The molecule has 0 saturated heterocycles. The maximum atomic E-state index is 5.85. The van der Waals surface area contributed by atoms with Gasteiger partial charge in [0.15, 0.2) is 0 Å². The number of hydrogen-bond acceptors (Lipinski definition) is 3. The highest BCUT2D eigenvalue weighted by Gasteiger charge is 2.25. The first-order chi connectivity index (χ1) is 9.36. The highest BCUT2D eigenvalue weighted by atomic mass is 16.5. The third-order valence-corrected chi connectivity index (χ3v) is 4.19. The lowest BCUT2D eigenvalue weighted by Gasteiger charge is -2.29. The fourth-order valence-corrected chi connectivity index (χ4v) is 2.78. The minimum absolute atomic E-state index is 0.621. The van der Waals surface area contributed by atoms with Crippen molar-refractivity contribution < 1.29 is 4.74 Å². The first-order valence-corrected chi connectivity index (χ1v) is 7.55. The van der Waals surface area contributed by atoms with Crippen molar-refractivity contribution >= 4 is 0 Å². The van der Waals surface area contributed by atoms with E-state index in [9.17, 15) is 0 Å². The Morgan fingerprint density at radius 1 is 1.37 bits per heavy atom. The molecule has 0 radical (unpaired) electrons. The zero-order valence-electron chi connectivity index (χ0n) is 11.8. The van der Waals surface area contributed by atoms with Crippen LogP contribution >= 0.6 is 0 Å². The average molecular weight is 260 g/mol. The maximum Gasteiger partial charge on any atom is 0.123 e. The van der Waals surface area contributed by atoms with Crippen LogP contribution in [0.5, 0.6) is 5.75 Å². The molecular weight excluding hydrogens is 236 g/mol. The highest BCUT2D eigenvalue weighted by Crippen LogP contribution is 2.24. The summed E-state index contributed by atoms with van der Waals surface area (Å²) in [6, 6.07) is 9.85. The molecule has 19 heavy (non-hydrogen) atoms. The SMILES string of the molecule is CCC(CNC1CC1)N1CCOc2ccccc2C1. The predicted octanol–water partition coefficient (Wildman–Crippen LogP) is 2.41. The Bertz CT molecular complexity index is 417. The summed E-state index contributed by atoms with van der Waals surface area (Å²) in [6.45, 7) is 6.25. The van der Waals surface area contributed by atoms with Crippen LogP contribution in [0.3, 0.4) is 0 Å². The summed E-state index contributed by atoms with van der Waals surface area (Å²) in [4.78, 5) is 2.57. The Balaban J connectivity index is 1.65. The molecule has 0 spiro atoms. The molecular formula is C16H24N2O. The summed E-state index contributed by atoms with van der Waals surface area (Å²) in [5, 5.41) is 3.67. The monoisotopic (exact) mass is 260 g/mol. The van der Waals surface area contributed by atoms with Crippen molar-refractivity contribution in [1.82, 2.24) is 10.2 Å². The molecule has 1 heterocycles. The predicted molar refractivity (Wildman–Crippen MR) is 77.5 cm³/mol. The smallest absolute Gasteiger partial charge is 0.123 e. The van der Waals surface area contributed by atoms with Crippen LogP contribution in [0.15, 0.2) is 24.3 Å². The molecule has 3 heteroatoms. The fraction of sp³-hybridized carbons (Fsp3) is 0.625. The van der Waals surface area contributed by atoms with Crippen molar-refractivity contribution in [2.24, 2.45) is 0 Å². The maximum absolute atomic E-state index is 5.85. The van der Waals surface area contributed by atoms with Crippen LogP contribution in [-0.2, 0) is 6.54 Å². The van der Waals surface area contributed by atoms with E-state index in [4.69, 9.17) is 4.74 Å². The molecule has 1 aliphatic heterocycles. The third kappa shape index (κ3) is 3.28. The number of hydrogen-bond donors (Lipinski definition) is 1. The van der Waals surface area contributed by atoms with E-state index in [1.807, 2.05) is 0 Å². The zero-order valence-corrected chi connectivity index (χ0v) is 11.8. The number of benzene rings is 1. The summed E-state index contributed by atoms with van der Waals surface area (Å²) in [5.74, 6) is 1.06. The van der Waals surface area contributed by atoms with Crippen LogP contribution in [0.25, 0.3) is 0 Å². The van der Waals surface area contributed by atoms with Crippen molar-refractivity contribution in [3.05, 3.63) is 29.8 Å². The Labute approximate surface area is 115 Å². The van der Waals surface area contributed by atoms with E-state index in [2.05, 4.69) is 41.4 Å². The molecule has 0 amide bonds. The number of nitrogens with one attached hydrogen (secondary N) is 1. The van der Waals surface area contributed by atoms with Gasteiger partial charge in [0, 0.05) is 37.3 Å². The molecule has 2 aliphatic rings. The van der Waals surface area contributed by atoms with Gasteiger partial charge in [-0.05, 0) is 25.3 Å². The van der Waals surface area contributed by atoms with E-state index in [1.165, 1.54) is 24.8 Å². The molecule has 1 aromatic carbocycles. The van der Waals surface area contributed by atoms with Crippen molar-refractivity contribution in [2.75, 3.05) is 19.7 Å². The molecule has 1 saturated carbocycles. The molecule has 104 valence electrons. The summed E-state index contributed by atoms with van der Waals surface area (Å²) in [6.07, 6.45) is 3.92. The Morgan fingerprint density at radius 2 is 2.21 bits per heavy atom. The molecule has 0 aromatic heterocycles. The average Bonchev–Trinajstić information content (AvgIpc) is 3.25. The van der Waals surface area contributed by atoms with Crippen LogP contribution in [-0.4, -0.2) is 36.7 Å². The van der Waals surface area contributed by atoms with Gasteiger partial charge in [0.1, 0.15) is 12.4 Å². The van der Waals surface area contributed by atoms with Gasteiger partial charge < -0.3 is 10.1 Å². The molecule has 1 atom stereocenters. The third-order valence-electron chi connectivity index (χ3n) is 4.19. The second kappa shape index (κ2) is 5.93. The number of rotatable bonds is 5. The van der Waals surface area contributed by atoms with E-state index >= 15 is 0 Å². The quantitative estimate of drug-likeness (QED) is 0.880. The lowest BCUT2D eigenvalue weighted by Crippen LogP contribution is -2.43. The van der Waals surface area contributed by atoms with Crippen LogP contribution < -0.4 is 10.1 Å². The van der Waals surface area contributed by atoms with Gasteiger partial charge in [-0.25, -0.2) is 0 Å². The first-order valence-electron chi connectivity index (χ1n) is 7.55. The van der Waals surface area contributed by atoms with E-state index in [0.717, 1.165) is 38.0 Å². The molecule has 1 aliphatic carbocycles. The van der Waals surface area contributed by atoms with E-state index in [1.54, 1.807) is 0 Å². The van der Waals surface area contributed by atoms with Crippen molar-refractivity contribution in [3.63, 3.8) is 0 Å². The number of ether oxygens (including phenoxy) is 1. The summed E-state index contributed by atoms with van der Waals surface area (Å²) in [5.41, 5.74) is 1.32. The lowest BCUT2D eigenvalue weighted by molar-refractivity contribution is 0.161. The van der Waals surface area contributed by atoms with E-state index < -0.39 is 0 Å². The second-order valence-corrected chi connectivity index (χ2v) is 5.67. The van der Waals surface area contributed by atoms with Crippen molar-refractivity contribution in [2.45, 2.75) is 44.8 Å². The Kier molecular flexibility index (Phi) is 4.04. The normalized spacial score (nSPS) is 21.3. The van der Waals surface area contributed by atoms with Crippen LogP contribution in [0.2, 0.25) is 0 Å². The van der Waals surface area contributed by atoms with Gasteiger partial charge in [0.2, 0.25) is 0 Å². The molecule has 3 rings (SSSR count). The Morgan fingerprint density at radius 3 is 3.00 bits per heavy atom. The fourth-order valence-electron chi connectivity index (χ4n) is 2.78. The van der Waals surface area contributed by atoms with Gasteiger partial charge in [-0.3, -0.25) is 4.90 Å². The second-order valence-electron chi connectivity index (χ2n) is 5.67. The molecule has 0 bridgehead atoms. The highest BCUT2D eigenvalue weighted by molar-refractivity contribution is 5.33. The standard InChI is InChI=1S/C16H24N2O/c1-2-15(11-17-14-7-8-14)18-9-10-19-16-6-4-3-5-13(16)12-18/h3-6,14-15,17H,2,7-12H2,1H3. The van der Waals surface area contributed by atoms with Crippen LogP contribution in [0.4, 0.5) is 0 Å². The first kappa shape index (κ1) is 12.9. The van der Waals surface area contributed by atoms with Gasteiger partial charge in [0.25, 0.3) is 0 Å². The van der Waals surface area contributed by atoms with Gasteiger partial charge >= 0.3 is 0 Å². The summed E-state index contributed by atoms with van der Waals surface area (Å²) in [7, 11) is 0. The summed E-state index contributed by atoms with van der Waals surface area (Å²) < 4.78 is 5.85. The van der Waals surface area contributed by atoms with E-state index in [-0.39, 0.29) is 0 Å². The number of nitrogens with zero attached hydrogens (tertiary/aromatic N) is 1. The molecule has 1 fully saturated rings. The Hall–Kier alpha value is -1.06. The van der Waals surface area contributed by atoms with Crippen molar-refractivity contribution in [1.29, 1.82) is 0 Å². The molecule has 3 nitrogen and oxygen atoms in total. The number of fused-ring (bicyclic) bond motifs is 1. The lowest BCUT2D eigenvalue weighted by atomic mass is 10.1. The van der Waals surface area contributed by atoms with Gasteiger partial charge in [-0.2, -0.15) is 0 Å². The minimum atomic E-state index is 0.621. The minimum Gasteiger partial charge on any atom is -0.492 e. The molecule has 1 aromatic rings. The van der Waals surface area contributed by atoms with Crippen LogP contribution in [0.1, 0.15) is 31.7 Å².